The summed E-state index contributed by atoms with van der Waals surface area (Å²) in [7, 11) is 0. The predicted molar refractivity (Wildman–Crippen MR) is 76.8 cm³/mol. The second-order valence-electron chi connectivity index (χ2n) is 5.28. The number of benzene rings is 1. The van der Waals surface area contributed by atoms with Gasteiger partial charge in [-0.3, -0.25) is 4.79 Å². The summed E-state index contributed by atoms with van der Waals surface area (Å²) in [6.07, 6.45) is -3.61. The van der Waals surface area contributed by atoms with Gasteiger partial charge >= 0.3 is 6.18 Å². The van der Waals surface area contributed by atoms with Crippen LogP contribution in [0.15, 0.2) is 42.6 Å². The van der Waals surface area contributed by atoms with E-state index in [-0.39, 0.29) is 24.6 Å². The summed E-state index contributed by atoms with van der Waals surface area (Å²) < 4.78 is 44.9. The Morgan fingerprint density at radius 3 is 2.70 bits per heavy atom. The van der Waals surface area contributed by atoms with E-state index < -0.39 is 17.8 Å². The molecule has 0 bridgehead atoms. The van der Waals surface area contributed by atoms with Crippen LogP contribution in [0.5, 0.6) is 0 Å². The van der Waals surface area contributed by atoms with E-state index in [0.29, 0.717) is 12.2 Å². The molecule has 1 amide bonds. The highest BCUT2D eigenvalue weighted by Crippen LogP contribution is 2.36. The third-order valence-corrected chi connectivity index (χ3v) is 3.80. The van der Waals surface area contributed by atoms with Crippen molar-refractivity contribution in [1.82, 2.24) is 9.88 Å². The maximum atomic E-state index is 13.1. The van der Waals surface area contributed by atoms with Crippen LogP contribution < -0.4 is 0 Å². The third kappa shape index (κ3) is 3.24. The Labute approximate surface area is 130 Å². The smallest absolute Gasteiger partial charge is 0.370 e. The Morgan fingerprint density at radius 1 is 1.22 bits per heavy atom. The van der Waals surface area contributed by atoms with Crippen molar-refractivity contribution in [3.63, 3.8) is 0 Å². The fourth-order valence-corrected chi connectivity index (χ4v) is 2.69. The van der Waals surface area contributed by atoms with E-state index in [4.69, 9.17) is 4.74 Å². The summed E-state index contributed by atoms with van der Waals surface area (Å²) in [5, 5.41) is 0. The Kier molecular flexibility index (Phi) is 4.12. The van der Waals surface area contributed by atoms with Crippen molar-refractivity contribution in [3.05, 3.63) is 59.4 Å². The van der Waals surface area contributed by atoms with Crippen LogP contribution in [0.2, 0.25) is 0 Å². The molecule has 122 valence electrons. The van der Waals surface area contributed by atoms with Crippen LogP contribution in [0.1, 0.15) is 27.7 Å². The van der Waals surface area contributed by atoms with Gasteiger partial charge in [0, 0.05) is 12.7 Å². The zero-order valence-electron chi connectivity index (χ0n) is 12.1. The molecule has 3 rings (SSSR count). The number of halogens is 3. The van der Waals surface area contributed by atoms with Crippen molar-refractivity contribution in [2.75, 3.05) is 19.7 Å². The van der Waals surface area contributed by atoms with Crippen LogP contribution in [-0.4, -0.2) is 35.5 Å². The number of hydrogen-bond acceptors (Lipinski definition) is 2. The lowest BCUT2D eigenvalue weighted by Crippen LogP contribution is -2.42. The molecule has 1 aromatic carbocycles. The van der Waals surface area contributed by atoms with Gasteiger partial charge in [-0.15, -0.1) is 0 Å². The van der Waals surface area contributed by atoms with Gasteiger partial charge in [-0.2, -0.15) is 13.2 Å². The minimum absolute atomic E-state index is 0.0592. The first-order chi connectivity index (χ1) is 11.0. The first-order valence-electron chi connectivity index (χ1n) is 7.17. The first-order valence-corrected chi connectivity index (χ1v) is 7.17. The van der Waals surface area contributed by atoms with E-state index in [9.17, 15) is 18.0 Å². The van der Waals surface area contributed by atoms with Crippen molar-refractivity contribution in [2.24, 2.45) is 0 Å². The van der Waals surface area contributed by atoms with Crippen LogP contribution in [0.3, 0.4) is 0 Å². The molecule has 0 aliphatic carbocycles. The highest BCUT2D eigenvalue weighted by molar-refractivity contribution is 5.92. The number of carbonyl (C=O) groups excluding carboxylic acids is 1. The van der Waals surface area contributed by atoms with E-state index in [0.717, 1.165) is 6.07 Å². The molecule has 1 N–H and O–H groups in total. The first kappa shape index (κ1) is 15.6. The molecule has 1 aromatic heterocycles. The monoisotopic (exact) mass is 324 g/mol. The zero-order chi connectivity index (χ0) is 16.4. The summed E-state index contributed by atoms with van der Waals surface area (Å²) in [6.45, 7) is 0.636. The summed E-state index contributed by atoms with van der Waals surface area (Å²) in [6, 6.07) is 8.65. The molecular formula is C16H15F3N2O2. The van der Waals surface area contributed by atoms with E-state index in [1.807, 2.05) is 0 Å². The highest BCUT2D eigenvalue weighted by Gasteiger charge is 2.37. The number of hydrogen-bond donors (Lipinski definition) is 1. The van der Waals surface area contributed by atoms with Crippen molar-refractivity contribution in [2.45, 2.75) is 12.3 Å². The maximum Gasteiger partial charge on any atom is 0.416 e. The van der Waals surface area contributed by atoms with Gasteiger partial charge in [0.05, 0.1) is 18.7 Å². The fraction of sp³-hybridized carbons (Fsp3) is 0.312. The Balaban J connectivity index is 1.84. The number of morpholine rings is 1. The van der Waals surface area contributed by atoms with E-state index >= 15 is 0 Å². The number of carbonyl (C=O) groups is 1. The molecule has 2 heterocycles. The average Bonchev–Trinajstić information content (AvgIpc) is 3.08. The van der Waals surface area contributed by atoms with Gasteiger partial charge in [0.25, 0.3) is 5.91 Å². The van der Waals surface area contributed by atoms with Crippen LogP contribution in [0, 0.1) is 0 Å². The minimum Gasteiger partial charge on any atom is -0.370 e. The molecule has 1 fully saturated rings. The van der Waals surface area contributed by atoms with Crippen LogP contribution in [-0.2, 0) is 10.9 Å². The minimum atomic E-state index is -4.45. The number of H-pyrrole nitrogens is 1. The van der Waals surface area contributed by atoms with Crippen molar-refractivity contribution in [3.8, 4) is 0 Å². The largest absolute Gasteiger partial charge is 0.416 e. The summed E-state index contributed by atoms with van der Waals surface area (Å²) >= 11 is 0. The number of aromatic amines is 1. The van der Waals surface area contributed by atoms with Crippen LogP contribution >= 0.6 is 0 Å². The fourth-order valence-electron chi connectivity index (χ4n) is 2.69. The molecule has 7 heteroatoms. The van der Waals surface area contributed by atoms with Gasteiger partial charge in [-0.1, -0.05) is 18.2 Å². The molecular weight excluding hydrogens is 309 g/mol. The Hall–Kier alpha value is -2.28. The number of aromatic nitrogens is 1. The van der Waals surface area contributed by atoms with Crippen molar-refractivity contribution < 1.29 is 22.7 Å². The number of rotatable bonds is 2. The van der Waals surface area contributed by atoms with Gasteiger partial charge < -0.3 is 14.6 Å². The summed E-state index contributed by atoms with van der Waals surface area (Å²) in [5.41, 5.74) is -0.252. The van der Waals surface area contributed by atoms with Crippen LogP contribution in [0.4, 0.5) is 13.2 Å². The lowest BCUT2D eigenvalue weighted by Gasteiger charge is -2.34. The summed E-state index contributed by atoms with van der Waals surface area (Å²) in [4.78, 5) is 16.7. The third-order valence-electron chi connectivity index (χ3n) is 3.80. The molecule has 0 spiro atoms. The molecule has 0 unspecified atom stereocenters. The van der Waals surface area contributed by atoms with E-state index in [1.165, 1.54) is 17.0 Å². The van der Waals surface area contributed by atoms with Crippen LogP contribution in [0.25, 0.3) is 0 Å². The predicted octanol–water partition coefficient (Wildman–Crippen LogP) is 3.25. The Morgan fingerprint density at radius 2 is 2.00 bits per heavy atom. The molecule has 2 aromatic rings. The molecule has 1 saturated heterocycles. The van der Waals surface area contributed by atoms with Gasteiger partial charge in [0.1, 0.15) is 11.8 Å². The number of nitrogens with zero attached hydrogens (tertiary/aromatic N) is 1. The van der Waals surface area contributed by atoms with E-state index in [2.05, 4.69) is 4.98 Å². The van der Waals surface area contributed by atoms with Gasteiger partial charge in [0.15, 0.2) is 0 Å². The number of nitrogens with one attached hydrogen (secondary N) is 1. The quantitative estimate of drug-likeness (QED) is 0.922. The molecule has 1 aliphatic rings. The molecule has 0 radical (unpaired) electrons. The maximum absolute atomic E-state index is 13.1. The molecule has 1 atom stereocenters. The molecule has 4 nitrogen and oxygen atoms in total. The van der Waals surface area contributed by atoms with E-state index in [1.54, 1.807) is 24.4 Å². The Bertz CT molecular complexity index is 683. The normalized spacial score (nSPS) is 18.9. The summed E-state index contributed by atoms with van der Waals surface area (Å²) in [5.74, 6) is -0.243. The number of alkyl halides is 3. The highest BCUT2D eigenvalue weighted by atomic mass is 19.4. The second kappa shape index (κ2) is 6.08. The average molecular weight is 324 g/mol. The van der Waals surface area contributed by atoms with Gasteiger partial charge in [-0.25, -0.2) is 0 Å². The standard InChI is InChI=1S/C16H15F3N2O2/c17-16(18,19)12-5-2-1-4-11(12)14-10-21(8-9-23-14)15(22)13-6-3-7-20-13/h1-7,14,20H,8-10H2/t14-/m0/s1. The van der Waals surface area contributed by atoms with Crippen molar-refractivity contribution >= 4 is 5.91 Å². The molecule has 0 saturated carbocycles. The SMILES string of the molecule is O=C(c1ccc[nH]1)N1CCO[C@H](c2ccccc2C(F)(F)F)C1. The number of ether oxygens (including phenoxy) is 1. The second-order valence-corrected chi connectivity index (χ2v) is 5.28. The lowest BCUT2D eigenvalue weighted by atomic mass is 10.0. The number of amides is 1. The molecule has 23 heavy (non-hydrogen) atoms. The topological polar surface area (TPSA) is 45.3 Å². The molecule has 1 aliphatic heterocycles. The van der Waals surface area contributed by atoms with Crippen molar-refractivity contribution in [1.29, 1.82) is 0 Å². The zero-order valence-corrected chi connectivity index (χ0v) is 12.1. The lowest BCUT2D eigenvalue weighted by molar-refractivity contribution is -0.140. The van der Waals surface area contributed by atoms with Gasteiger partial charge in [0.2, 0.25) is 0 Å². The van der Waals surface area contributed by atoms with Gasteiger partial charge in [-0.05, 0) is 23.8 Å².